The highest BCUT2D eigenvalue weighted by Gasteiger charge is 2.16. The van der Waals surface area contributed by atoms with Gasteiger partial charge in [0, 0.05) is 28.4 Å². The highest BCUT2D eigenvalue weighted by molar-refractivity contribution is 7.21. The number of fused-ring (bicyclic) bond motifs is 1. The molecule has 0 atom stereocenters. The van der Waals surface area contributed by atoms with Crippen molar-refractivity contribution in [2.45, 2.75) is 6.92 Å². The van der Waals surface area contributed by atoms with Crippen molar-refractivity contribution >= 4 is 44.6 Å². The maximum Gasteiger partial charge on any atom is 0.275 e. The summed E-state index contributed by atoms with van der Waals surface area (Å²) in [6.45, 7) is 1.99. The van der Waals surface area contributed by atoms with Crippen LogP contribution in [0.3, 0.4) is 0 Å². The summed E-state index contributed by atoms with van der Waals surface area (Å²) in [5, 5.41) is 6.50. The van der Waals surface area contributed by atoms with Crippen molar-refractivity contribution in [1.29, 1.82) is 0 Å². The lowest BCUT2D eigenvalue weighted by Gasteiger charge is -2.10. The van der Waals surface area contributed by atoms with Gasteiger partial charge in [-0.25, -0.2) is 15.0 Å². The number of anilines is 1. The number of carbonyl (C=O) groups is 1. The quantitative estimate of drug-likeness (QED) is 0.379. The van der Waals surface area contributed by atoms with Gasteiger partial charge in [0.2, 0.25) is 0 Å². The molecule has 0 bridgehead atoms. The number of hydrogen-bond acceptors (Lipinski definition) is 6. The SMILES string of the molecule is Cc1c(NC(=O)c2csc(-c3ccccc3)n2)cccc1-c1nc2cccnc2s1. The first-order valence-corrected chi connectivity index (χ1v) is 11.0. The lowest BCUT2D eigenvalue weighted by Crippen LogP contribution is -2.13. The molecule has 3 aromatic heterocycles. The molecule has 0 radical (unpaired) electrons. The third-order valence-corrected chi connectivity index (χ3v) is 6.64. The summed E-state index contributed by atoms with van der Waals surface area (Å²) in [5.41, 5.74) is 4.99. The van der Waals surface area contributed by atoms with Crippen LogP contribution in [0.15, 0.2) is 72.2 Å². The third-order valence-electron chi connectivity index (χ3n) is 4.74. The smallest absolute Gasteiger partial charge is 0.275 e. The highest BCUT2D eigenvalue weighted by Crippen LogP contribution is 2.34. The predicted molar refractivity (Wildman–Crippen MR) is 123 cm³/mol. The third kappa shape index (κ3) is 3.49. The molecule has 0 aliphatic rings. The Hall–Kier alpha value is -3.42. The van der Waals surface area contributed by atoms with Gasteiger partial charge >= 0.3 is 0 Å². The van der Waals surface area contributed by atoms with E-state index in [9.17, 15) is 4.79 Å². The average Bonchev–Trinajstić information content (AvgIpc) is 3.43. The number of pyridine rings is 1. The van der Waals surface area contributed by atoms with Gasteiger partial charge in [-0.05, 0) is 30.7 Å². The average molecular weight is 429 g/mol. The Morgan fingerprint density at radius 2 is 1.80 bits per heavy atom. The lowest BCUT2D eigenvalue weighted by atomic mass is 10.1. The van der Waals surface area contributed by atoms with Gasteiger partial charge in [0.25, 0.3) is 5.91 Å². The number of carbonyl (C=O) groups excluding carboxylic acids is 1. The van der Waals surface area contributed by atoms with E-state index in [0.717, 1.165) is 42.7 Å². The lowest BCUT2D eigenvalue weighted by molar-refractivity contribution is 0.102. The Morgan fingerprint density at radius 1 is 0.933 bits per heavy atom. The normalized spacial score (nSPS) is 11.0. The van der Waals surface area contributed by atoms with E-state index in [1.165, 1.54) is 11.3 Å². The van der Waals surface area contributed by atoms with Crippen LogP contribution in [0.5, 0.6) is 0 Å². The van der Waals surface area contributed by atoms with Crippen molar-refractivity contribution in [3.05, 3.63) is 83.5 Å². The molecule has 1 amide bonds. The minimum atomic E-state index is -0.223. The molecule has 0 aliphatic heterocycles. The number of amides is 1. The van der Waals surface area contributed by atoms with Crippen LogP contribution in [-0.4, -0.2) is 20.9 Å². The zero-order chi connectivity index (χ0) is 20.5. The fourth-order valence-electron chi connectivity index (χ4n) is 3.17. The van der Waals surface area contributed by atoms with Gasteiger partial charge in [0.05, 0.1) is 0 Å². The topological polar surface area (TPSA) is 67.8 Å². The number of nitrogens with zero attached hydrogens (tertiary/aromatic N) is 3. The molecule has 0 saturated heterocycles. The summed E-state index contributed by atoms with van der Waals surface area (Å²) in [6.07, 6.45) is 1.77. The van der Waals surface area contributed by atoms with Crippen LogP contribution in [0.2, 0.25) is 0 Å². The van der Waals surface area contributed by atoms with E-state index in [1.807, 2.05) is 67.6 Å². The van der Waals surface area contributed by atoms with Crippen molar-refractivity contribution < 1.29 is 4.79 Å². The molecule has 5 nitrogen and oxygen atoms in total. The van der Waals surface area contributed by atoms with E-state index < -0.39 is 0 Å². The molecule has 7 heteroatoms. The first kappa shape index (κ1) is 18.6. The number of thiazole rings is 2. The fraction of sp³-hybridized carbons (Fsp3) is 0.0435. The highest BCUT2D eigenvalue weighted by atomic mass is 32.1. The minimum absolute atomic E-state index is 0.223. The second-order valence-electron chi connectivity index (χ2n) is 6.68. The van der Waals surface area contributed by atoms with E-state index >= 15 is 0 Å². The van der Waals surface area contributed by atoms with E-state index in [0.29, 0.717) is 5.69 Å². The number of aromatic nitrogens is 3. The van der Waals surface area contributed by atoms with Gasteiger partial charge in [-0.15, -0.1) is 11.3 Å². The van der Waals surface area contributed by atoms with E-state index in [4.69, 9.17) is 4.98 Å². The van der Waals surface area contributed by atoms with Crippen LogP contribution in [0.4, 0.5) is 5.69 Å². The Morgan fingerprint density at radius 3 is 2.63 bits per heavy atom. The number of nitrogens with one attached hydrogen (secondary N) is 1. The number of rotatable bonds is 4. The molecule has 0 spiro atoms. The molecule has 5 aromatic rings. The summed E-state index contributed by atoms with van der Waals surface area (Å²) in [4.78, 5) is 27.3. The zero-order valence-electron chi connectivity index (χ0n) is 16.0. The molecule has 30 heavy (non-hydrogen) atoms. The summed E-state index contributed by atoms with van der Waals surface area (Å²) in [6, 6.07) is 19.5. The van der Waals surface area contributed by atoms with Crippen LogP contribution in [-0.2, 0) is 0 Å². The van der Waals surface area contributed by atoms with Crippen LogP contribution in [0.1, 0.15) is 16.1 Å². The largest absolute Gasteiger partial charge is 0.320 e. The summed E-state index contributed by atoms with van der Waals surface area (Å²) in [5.74, 6) is -0.223. The summed E-state index contributed by atoms with van der Waals surface area (Å²) < 4.78 is 0. The van der Waals surface area contributed by atoms with Gasteiger partial charge in [0.15, 0.2) is 0 Å². The molecule has 0 unspecified atom stereocenters. The Kier molecular flexibility index (Phi) is 4.82. The Labute approximate surface area is 181 Å². The van der Waals surface area contributed by atoms with Crippen LogP contribution < -0.4 is 5.32 Å². The van der Waals surface area contributed by atoms with Crippen LogP contribution >= 0.6 is 22.7 Å². The van der Waals surface area contributed by atoms with Crippen molar-refractivity contribution in [3.63, 3.8) is 0 Å². The second kappa shape index (κ2) is 7.78. The molecular formula is C23H16N4OS2. The molecule has 2 aromatic carbocycles. The molecule has 0 fully saturated rings. The molecule has 146 valence electrons. The molecule has 1 N–H and O–H groups in total. The monoisotopic (exact) mass is 428 g/mol. The van der Waals surface area contributed by atoms with Crippen molar-refractivity contribution in [1.82, 2.24) is 15.0 Å². The maximum absolute atomic E-state index is 12.8. The standard InChI is InChI=1S/C23H16N4OS2/c1-14-16(22-26-18-11-6-12-24-23(18)30-22)9-5-10-17(14)25-20(28)19-13-29-21(27-19)15-7-3-2-4-8-15/h2-13H,1H3,(H,25,28). The predicted octanol–water partition coefficient (Wildman–Crippen LogP) is 6.04. The Bertz CT molecular complexity index is 1330. The van der Waals surface area contributed by atoms with Gasteiger partial charge in [-0.3, -0.25) is 4.79 Å². The molecule has 3 heterocycles. The molecule has 0 saturated carbocycles. The minimum Gasteiger partial charge on any atom is -0.320 e. The number of benzene rings is 2. The van der Waals surface area contributed by atoms with E-state index in [-0.39, 0.29) is 5.91 Å². The van der Waals surface area contributed by atoms with Crippen LogP contribution in [0.25, 0.3) is 31.5 Å². The molecule has 0 aliphatic carbocycles. The van der Waals surface area contributed by atoms with Gasteiger partial charge < -0.3 is 5.32 Å². The van der Waals surface area contributed by atoms with Crippen LogP contribution in [0, 0.1) is 6.92 Å². The zero-order valence-corrected chi connectivity index (χ0v) is 17.6. The Balaban J connectivity index is 1.42. The van der Waals surface area contributed by atoms with Gasteiger partial charge in [-0.1, -0.05) is 53.8 Å². The van der Waals surface area contributed by atoms with Crippen molar-refractivity contribution in [2.24, 2.45) is 0 Å². The van der Waals surface area contributed by atoms with Gasteiger partial charge in [0.1, 0.15) is 26.1 Å². The first-order chi connectivity index (χ1) is 14.7. The fourth-order valence-corrected chi connectivity index (χ4v) is 4.96. The summed E-state index contributed by atoms with van der Waals surface area (Å²) in [7, 11) is 0. The number of hydrogen-bond donors (Lipinski definition) is 1. The molecular weight excluding hydrogens is 412 g/mol. The van der Waals surface area contributed by atoms with Gasteiger partial charge in [-0.2, -0.15) is 0 Å². The summed E-state index contributed by atoms with van der Waals surface area (Å²) >= 11 is 3.00. The second-order valence-corrected chi connectivity index (χ2v) is 8.52. The van der Waals surface area contributed by atoms with Crippen molar-refractivity contribution in [3.8, 4) is 21.1 Å². The van der Waals surface area contributed by atoms with Crippen molar-refractivity contribution in [2.75, 3.05) is 5.32 Å². The van der Waals surface area contributed by atoms with E-state index in [2.05, 4.69) is 15.3 Å². The first-order valence-electron chi connectivity index (χ1n) is 9.33. The molecule has 5 rings (SSSR count). The van der Waals surface area contributed by atoms with E-state index in [1.54, 1.807) is 22.9 Å². The maximum atomic E-state index is 12.8.